The summed E-state index contributed by atoms with van der Waals surface area (Å²) in [5.41, 5.74) is 8.49. The normalized spacial score (nSPS) is 16.1. The molecule has 1 atom stereocenters. The van der Waals surface area contributed by atoms with Gasteiger partial charge in [0.2, 0.25) is 5.91 Å². The first-order valence-electron chi connectivity index (χ1n) is 9.55. The number of rotatable bonds is 5. The Bertz CT molecular complexity index is 1230. The highest BCUT2D eigenvalue weighted by atomic mass is 32.1. The highest BCUT2D eigenvalue weighted by Crippen LogP contribution is 2.41. The van der Waals surface area contributed by atoms with Gasteiger partial charge >= 0.3 is 0 Å². The van der Waals surface area contributed by atoms with Crippen LogP contribution >= 0.6 is 11.3 Å². The van der Waals surface area contributed by atoms with Gasteiger partial charge in [0.25, 0.3) is 0 Å². The third-order valence-corrected chi connectivity index (χ3v) is 6.50. The molecule has 0 aliphatic heterocycles. The molecule has 29 heavy (non-hydrogen) atoms. The van der Waals surface area contributed by atoms with E-state index in [2.05, 4.69) is 25.5 Å². The van der Waals surface area contributed by atoms with E-state index in [1.807, 2.05) is 19.1 Å². The summed E-state index contributed by atoms with van der Waals surface area (Å²) in [6.45, 7) is 2.50. The largest absolute Gasteiger partial charge is 0.492 e. The molecule has 9 heteroatoms. The first kappa shape index (κ1) is 17.9. The summed E-state index contributed by atoms with van der Waals surface area (Å²) < 4.78 is 5.83. The van der Waals surface area contributed by atoms with Crippen LogP contribution in [0.4, 0.5) is 11.5 Å². The molecule has 1 aliphatic rings. The monoisotopic (exact) mass is 408 g/mol. The Labute approximate surface area is 170 Å². The molecule has 3 heterocycles. The molecule has 1 aliphatic carbocycles. The van der Waals surface area contributed by atoms with E-state index in [0.717, 1.165) is 51.2 Å². The minimum absolute atomic E-state index is 0.104. The topological polar surface area (TPSA) is 119 Å². The zero-order valence-corrected chi connectivity index (χ0v) is 16.7. The second-order valence-corrected chi connectivity index (χ2v) is 8.20. The standard InChI is InChI=1S/C20H20N6O2S/c1-2-28-15-7-13-11(8-24-26-13)5-14(15)25-19-17-12-4-3-10(18(21)27)6-16(12)29-20(17)23-9-22-19/h5,7-10H,2-4,6H2,1H3,(H2,21,27)(H,24,26)(H,22,23,25). The van der Waals surface area contributed by atoms with Crippen LogP contribution in [0.15, 0.2) is 24.7 Å². The van der Waals surface area contributed by atoms with Crippen molar-refractivity contribution >= 4 is 49.9 Å². The molecule has 0 saturated heterocycles. The van der Waals surface area contributed by atoms with Crippen LogP contribution in [0.25, 0.3) is 21.1 Å². The number of aryl methyl sites for hydroxylation is 1. The Morgan fingerprint density at radius 1 is 1.41 bits per heavy atom. The lowest BCUT2D eigenvalue weighted by atomic mass is 9.87. The van der Waals surface area contributed by atoms with Crippen LogP contribution in [-0.2, 0) is 17.6 Å². The summed E-state index contributed by atoms with van der Waals surface area (Å²) in [4.78, 5) is 22.7. The van der Waals surface area contributed by atoms with Crippen molar-refractivity contribution in [1.29, 1.82) is 0 Å². The lowest BCUT2D eigenvalue weighted by molar-refractivity contribution is -0.122. The van der Waals surface area contributed by atoms with Crippen molar-refractivity contribution in [2.75, 3.05) is 11.9 Å². The molecule has 0 spiro atoms. The van der Waals surface area contributed by atoms with E-state index in [1.165, 1.54) is 10.4 Å². The molecule has 8 nitrogen and oxygen atoms in total. The van der Waals surface area contributed by atoms with Crippen LogP contribution < -0.4 is 15.8 Å². The van der Waals surface area contributed by atoms with Gasteiger partial charge in [-0.2, -0.15) is 5.10 Å². The number of nitrogens with zero attached hydrogens (tertiary/aromatic N) is 3. The second kappa shape index (κ2) is 7.00. The van der Waals surface area contributed by atoms with Gasteiger partial charge in [0.05, 0.1) is 29.4 Å². The number of carbonyl (C=O) groups excluding carboxylic acids is 1. The Morgan fingerprint density at radius 3 is 3.14 bits per heavy atom. The summed E-state index contributed by atoms with van der Waals surface area (Å²) in [6.07, 6.45) is 5.57. The number of hydrogen-bond donors (Lipinski definition) is 3. The highest BCUT2D eigenvalue weighted by molar-refractivity contribution is 7.19. The lowest BCUT2D eigenvalue weighted by Gasteiger charge is -2.19. The van der Waals surface area contributed by atoms with Crippen molar-refractivity contribution in [3.63, 3.8) is 0 Å². The number of carbonyl (C=O) groups is 1. The van der Waals surface area contributed by atoms with Crippen molar-refractivity contribution in [1.82, 2.24) is 20.2 Å². The quantitative estimate of drug-likeness (QED) is 0.466. The average Bonchev–Trinajstić information content (AvgIpc) is 3.31. The van der Waals surface area contributed by atoms with Crippen molar-refractivity contribution < 1.29 is 9.53 Å². The predicted octanol–water partition coefficient (Wildman–Crippen LogP) is 3.30. The molecule has 0 fully saturated rings. The average molecular weight is 408 g/mol. The number of amides is 1. The van der Waals surface area contributed by atoms with E-state index in [9.17, 15) is 4.79 Å². The first-order chi connectivity index (χ1) is 14.1. The Morgan fingerprint density at radius 2 is 2.31 bits per heavy atom. The number of fused-ring (bicyclic) bond motifs is 4. The van der Waals surface area contributed by atoms with E-state index in [0.29, 0.717) is 13.0 Å². The number of hydrogen-bond acceptors (Lipinski definition) is 7. The summed E-state index contributed by atoms with van der Waals surface area (Å²) >= 11 is 1.62. The number of aromatic nitrogens is 4. The van der Waals surface area contributed by atoms with Crippen molar-refractivity contribution in [2.24, 2.45) is 11.7 Å². The minimum atomic E-state index is -0.229. The fraction of sp³-hybridized carbons (Fsp3) is 0.300. The summed E-state index contributed by atoms with van der Waals surface area (Å²) in [6, 6.07) is 3.94. The van der Waals surface area contributed by atoms with Gasteiger partial charge < -0.3 is 15.8 Å². The van der Waals surface area contributed by atoms with Crippen LogP contribution in [0, 0.1) is 5.92 Å². The zero-order valence-electron chi connectivity index (χ0n) is 15.9. The van der Waals surface area contributed by atoms with E-state index >= 15 is 0 Å². The van der Waals surface area contributed by atoms with Crippen LogP contribution in [0.3, 0.4) is 0 Å². The molecular weight excluding hydrogens is 388 g/mol. The predicted molar refractivity (Wildman–Crippen MR) is 113 cm³/mol. The minimum Gasteiger partial charge on any atom is -0.492 e. The molecular formula is C20H20N6O2S. The summed E-state index contributed by atoms with van der Waals surface area (Å²) in [5, 5.41) is 12.5. The van der Waals surface area contributed by atoms with Gasteiger partial charge in [0, 0.05) is 22.2 Å². The Kier molecular flexibility index (Phi) is 4.31. The molecule has 4 N–H and O–H groups in total. The second-order valence-electron chi connectivity index (χ2n) is 7.11. The Hall–Kier alpha value is -3.20. The maximum Gasteiger partial charge on any atom is 0.220 e. The molecule has 1 aromatic carbocycles. The fourth-order valence-corrected chi connectivity index (χ4v) is 5.19. The molecule has 5 rings (SSSR count). The number of ether oxygens (including phenoxy) is 1. The van der Waals surface area contributed by atoms with E-state index in [1.54, 1.807) is 23.9 Å². The van der Waals surface area contributed by atoms with Gasteiger partial charge in [-0.3, -0.25) is 9.89 Å². The fourth-order valence-electron chi connectivity index (χ4n) is 3.92. The molecule has 0 saturated carbocycles. The third kappa shape index (κ3) is 3.07. The van der Waals surface area contributed by atoms with Crippen molar-refractivity contribution in [3.05, 3.63) is 35.1 Å². The number of H-pyrrole nitrogens is 1. The van der Waals surface area contributed by atoms with Gasteiger partial charge in [-0.25, -0.2) is 9.97 Å². The van der Waals surface area contributed by atoms with Gasteiger partial charge in [-0.15, -0.1) is 11.3 Å². The SMILES string of the molecule is CCOc1cc2[nH]ncc2cc1Nc1ncnc2sc3c(c12)CCC(C(N)=O)C3. The van der Waals surface area contributed by atoms with Crippen molar-refractivity contribution in [2.45, 2.75) is 26.2 Å². The van der Waals surface area contributed by atoms with Crippen molar-refractivity contribution in [3.8, 4) is 5.75 Å². The number of nitrogens with one attached hydrogen (secondary N) is 2. The van der Waals surface area contributed by atoms with Gasteiger partial charge in [-0.05, 0) is 37.8 Å². The molecule has 3 aromatic heterocycles. The van der Waals surface area contributed by atoms with Crippen LogP contribution in [0.2, 0.25) is 0 Å². The highest BCUT2D eigenvalue weighted by Gasteiger charge is 2.28. The molecule has 148 valence electrons. The number of benzene rings is 1. The number of anilines is 2. The van der Waals surface area contributed by atoms with Gasteiger partial charge in [0.1, 0.15) is 22.7 Å². The Balaban J connectivity index is 1.59. The molecule has 4 aromatic rings. The van der Waals surface area contributed by atoms with Gasteiger partial charge in [0.15, 0.2) is 0 Å². The first-order valence-corrected chi connectivity index (χ1v) is 10.4. The van der Waals surface area contributed by atoms with E-state index in [4.69, 9.17) is 10.5 Å². The molecule has 0 radical (unpaired) electrons. The zero-order chi connectivity index (χ0) is 20.0. The van der Waals surface area contributed by atoms with Crippen LogP contribution in [0.5, 0.6) is 5.75 Å². The number of nitrogens with two attached hydrogens (primary N) is 1. The summed E-state index contributed by atoms with van der Waals surface area (Å²) in [7, 11) is 0. The van der Waals surface area contributed by atoms with E-state index < -0.39 is 0 Å². The van der Waals surface area contributed by atoms with Crippen LogP contribution in [0.1, 0.15) is 23.8 Å². The van der Waals surface area contributed by atoms with Crippen LogP contribution in [-0.4, -0.2) is 32.7 Å². The lowest BCUT2D eigenvalue weighted by Crippen LogP contribution is -2.27. The molecule has 1 amide bonds. The van der Waals surface area contributed by atoms with Gasteiger partial charge in [-0.1, -0.05) is 0 Å². The smallest absolute Gasteiger partial charge is 0.220 e. The maximum atomic E-state index is 11.6. The molecule has 1 unspecified atom stereocenters. The van der Waals surface area contributed by atoms with E-state index in [-0.39, 0.29) is 11.8 Å². The number of aromatic amines is 1. The molecule has 0 bridgehead atoms. The summed E-state index contributed by atoms with van der Waals surface area (Å²) in [5.74, 6) is 1.14. The number of primary amides is 1. The number of thiophene rings is 1. The third-order valence-electron chi connectivity index (χ3n) is 5.34. The maximum absolute atomic E-state index is 11.6.